The zero-order valence-corrected chi connectivity index (χ0v) is 22.9. The predicted molar refractivity (Wildman–Crippen MR) is 143 cm³/mol. The first-order valence-electron chi connectivity index (χ1n) is 13.3. The van der Waals surface area contributed by atoms with Crippen molar-refractivity contribution in [2.45, 2.75) is 68.3 Å². The number of hydrogen-bond donors (Lipinski definition) is 8. The van der Waals surface area contributed by atoms with Gasteiger partial charge in [0.1, 0.15) is 65.4 Å². The normalized spacial score (nSPS) is 32.9. The van der Waals surface area contributed by atoms with Gasteiger partial charge in [-0.1, -0.05) is 0 Å². The van der Waals surface area contributed by atoms with Crippen LogP contribution in [0.5, 0.6) is 23.0 Å². The van der Waals surface area contributed by atoms with Crippen LogP contribution in [0.1, 0.15) is 6.92 Å². The third kappa shape index (κ3) is 5.74. The fraction of sp³-hybridized carbons (Fsp3) is 0.464. The molecule has 43 heavy (non-hydrogen) atoms. The zero-order valence-electron chi connectivity index (χ0n) is 22.9. The Morgan fingerprint density at radius 3 is 2.19 bits per heavy atom. The van der Waals surface area contributed by atoms with Gasteiger partial charge in [0, 0.05) is 17.7 Å². The second-order valence-electron chi connectivity index (χ2n) is 10.3. The Hall–Kier alpha value is -3.51. The summed E-state index contributed by atoms with van der Waals surface area (Å²) in [7, 11) is 1.24. The number of hydrogen-bond acceptors (Lipinski definition) is 15. The molecule has 0 radical (unpaired) electrons. The Morgan fingerprint density at radius 1 is 0.860 bits per heavy atom. The molecule has 15 nitrogen and oxygen atoms in total. The molecule has 5 rings (SSSR count). The Kier molecular flexibility index (Phi) is 8.80. The molecular weight excluding hydrogens is 576 g/mol. The van der Waals surface area contributed by atoms with E-state index in [1.165, 1.54) is 38.3 Å². The Morgan fingerprint density at radius 2 is 1.53 bits per heavy atom. The number of benzene rings is 2. The number of phenols is 2. The second-order valence-corrected chi connectivity index (χ2v) is 10.3. The van der Waals surface area contributed by atoms with Gasteiger partial charge in [0.25, 0.3) is 0 Å². The average molecular weight is 609 g/mol. The van der Waals surface area contributed by atoms with Crippen LogP contribution in [0.2, 0.25) is 0 Å². The van der Waals surface area contributed by atoms with Crippen molar-refractivity contribution in [3.63, 3.8) is 0 Å². The number of aromatic hydroxyl groups is 2. The van der Waals surface area contributed by atoms with Gasteiger partial charge in [0.05, 0.1) is 19.8 Å². The van der Waals surface area contributed by atoms with E-state index in [1.54, 1.807) is 0 Å². The minimum Gasteiger partial charge on any atom is -0.508 e. The maximum Gasteiger partial charge on any atom is 0.229 e. The molecule has 1 aromatic heterocycles. The van der Waals surface area contributed by atoms with E-state index < -0.39 is 79.2 Å². The molecule has 10 unspecified atom stereocenters. The molecule has 2 aromatic carbocycles. The molecule has 2 fully saturated rings. The summed E-state index contributed by atoms with van der Waals surface area (Å²) in [6.45, 7) is 0.664. The number of methoxy groups -OCH3 is 1. The van der Waals surface area contributed by atoms with Gasteiger partial charge in [-0.2, -0.15) is 0 Å². The highest BCUT2D eigenvalue weighted by molar-refractivity contribution is 5.91. The van der Waals surface area contributed by atoms with Crippen molar-refractivity contribution in [3.8, 4) is 34.3 Å². The molecule has 2 aliphatic heterocycles. The first-order valence-corrected chi connectivity index (χ1v) is 13.3. The summed E-state index contributed by atoms with van der Waals surface area (Å²) >= 11 is 0. The van der Waals surface area contributed by atoms with Crippen molar-refractivity contribution < 1.29 is 69.0 Å². The van der Waals surface area contributed by atoms with Gasteiger partial charge >= 0.3 is 0 Å². The van der Waals surface area contributed by atoms with Gasteiger partial charge in [-0.05, 0) is 31.2 Å². The molecule has 0 aliphatic carbocycles. The van der Waals surface area contributed by atoms with Crippen LogP contribution in [-0.2, 0) is 14.2 Å². The minimum atomic E-state index is -1.85. The number of fused-ring (bicyclic) bond motifs is 1. The van der Waals surface area contributed by atoms with Crippen LogP contribution in [0.4, 0.5) is 0 Å². The van der Waals surface area contributed by atoms with Crippen molar-refractivity contribution >= 4 is 11.0 Å². The molecule has 10 atom stereocenters. The van der Waals surface area contributed by atoms with E-state index in [1.807, 2.05) is 0 Å². The van der Waals surface area contributed by atoms with Crippen LogP contribution in [0.15, 0.2) is 45.6 Å². The van der Waals surface area contributed by atoms with Crippen molar-refractivity contribution in [3.05, 3.63) is 46.6 Å². The summed E-state index contributed by atoms with van der Waals surface area (Å²) < 4.78 is 33.7. The summed E-state index contributed by atoms with van der Waals surface area (Å²) in [5.41, 5.74) is -0.397. The number of aliphatic hydroxyl groups is 6. The third-order valence-corrected chi connectivity index (χ3v) is 7.42. The van der Waals surface area contributed by atoms with Crippen LogP contribution in [0.25, 0.3) is 22.3 Å². The maximum atomic E-state index is 12.9. The first-order chi connectivity index (χ1) is 20.4. The van der Waals surface area contributed by atoms with Crippen LogP contribution in [-0.4, -0.2) is 116 Å². The molecule has 0 spiro atoms. The highest BCUT2D eigenvalue weighted by Crippen LogP contribution is 2.42. The topological polar surface area (TPSA) is 238 Å². The van der Waals surface area contributed by atoms with E-state index in [2.05, 4.69) is 0 Å². The molecule has 2 saturated heterocycles. The molecule has 2 aliphatic rings. The Balaban J connectivity index is 1.43. The molecule has 3 aromatic rings. The molecule has 0 amide bonds. The van der Waals surface area contributed by atoms with Crippen molar-refractivity contribution in [1.82, 2.24) is 0 Å². The quantitative estimate of drug-likeness (QED) is 0.159. The smallest absolute Gasteiger partial charge is 0.229 e. The van der Waals surface area contributed by atoms with Gasteiger partial charge in [0.2, 0.25) is 12.0 Å². The molecule has 0 saturated carbocycles. The van der Waals surface area contributed by atoms with E-state index in [9.17, 15) is 45.6 Å². The molecule has 3 heterocycles. The lowest BCUT2D eigenvalue weighted by atomic mass is 9.97. The maximum absolute atomic E-state index is 12.9. The largest absolute Gasteiger partial charge is 0.508 e. The second kappa shape index (κ2) is 12.2. The zero-order chi connectivity index (χ0) is 31.2. The summed E-state index contributed by atoms with van der Waals surface area (Å²) in [6, 6.07) is 7.98. The van der Waals surface area contributed by atoms with Gasteiger partial charge in [-0.3, -0.25) is 4.79 Å². The summed E-state index contributed by atoms with van der Waals surface area (Å²) in [6.07, 6.45) is -15.5. The monoisotopic (exact) mass is 608 g/mol. The third-order valence-electron chi connectivity index (χ3n) is 7.42. The van der Waals surface area contributed by atoms with Crippen LogP contribution >= 0.6 is 0 Å². The van der Waals surface area contributed by atoms with E-state index in [0.717, 1.165) is 12.1 Å². The van der Waals surface area contributed by atoms with Crippen LogP contribution in [0.3, 0.4) is 0 Å². The fourth-order valence-electron chi connectivity index (χ4n) is 5.04. The lowest BCUT2D eigenvalue weighted by Crippen LogP contribution is -2.64. The molecule has 0 bridgehead atoms. The van der Waals surface area contributed by atoms with Crippen LogP contribution < -0.4 is 14.9 Å². The summed E-state index contributed by atoms with van der Waals surface area (Å²) in [4.78, 5) is 12.9. The standard InChI is InChI=1S/C28H32O15/c1-10-19(33)20(34)22(36)27(39-10)43-24-17(9-29)42-28(23(37)21(24)35)41-16-8-14(32)18-13(31)7-15(40-26(18)25(16)38-2)11-3-5-12(30)6-4-11/h3-8,10,17,19-24,27-30,32-37H,9H2,1-2H3. The predicted octanol–water partition coefficient (Wildman–Crippen LogP) is -1.09. The lowest BCUT2D eigenvalue weighted by molar-refractivity contribution is -0.349. The van der Waals surface area contributed by atoms with Crippen molar-refractivity contribution in [2.75, 3.05) is 13.7 Å². The van der Waals surface area contributed by atoms with E-state index >= 15 is 0 Å². The highest BCUT2D eigenvalue weighted by Gasteiger charge is 2.50. The number of aliphatic hydroxyl groups excluding tert-OH is 6. The first kappa shape index (κ1) is 30.9. The van der Waals surface area contributed by atoms with E-state index in [-0.39, 0.29) is 34.0 Å². The van der Waals surface area contributed by atoms with Gasteiger partial charge < -0.3 is 69.0 Å². The number of ether oxygens (including phenoxy) is 5. The van der Waals surface area contributed by atoms with Gasteiger partial charge in [-0.15, -0.1) is 0 Å². The lowest BCUT2D eigenvalue weighted by Gasteiger charge is -2.45. The average Bonchev–Trinajstić information content (AvgIpc) is 2.98. The molecule has 15 heteroatoms. The van der Waals surface area contributed by atoms with Crippen molar-refractivity contribution in [2.24, 2.45) is 0 Å². The van der Waals surface area contributed by atoms with Crippen molar-refractivity contribution in [1.29, 1.82) is 0 Å². The Labute approximate surface area is 243 Å². The van der Waals surface area contributed by atoms with E-state index in [4.69, 9.17) is 28.1 Å². The number of phenolic OH excluding ortho intramolecular Hbond substituents is 2. The SMILES string of the molecule is COc1c(OC2OC(CO)C(OC3OC(C)C(O)C(O)C3O)C(O)C2O)cc(O)c2c(=O)cc(-c3ccc(O)cc3)oc12. The Bertz CT molecular complexity index is 1490. The summed E-state index contributed by atoms with van der Waals surface area (Å²) in [5, 5.41) is 82.1. The van der Waals surface area contributed by atoms with Gasteiger partial charge in [-0.25, -0.2) is 0 Å². The molecular formula is C28H32O15. The fourth-order valence-corrected chi connectivity index (χ4v) is 5.04. The number of rotatable bonds is 7. The minimum absolute atomic E-state index is 0.00626. The van der Waals surface area contributed by atoms with Gasteiger partial charge in [0.15, 0.2) is 23.1 Å². The molecule has 8 N–H and O–H groups in total. The van der Waals surface area contributed by atoms with Crippen LogP contribution in [0, 0.1) is 0 Å². The molecule has 234 valence electrons. The highest BCUT2D eigenvalue weighted by atomic mass is 16.7. The summed E-state index contributed by atoms with van der Waals surface area (Å²) in [5.74, 6) is -0.914. The van der Waals surface area contributed by atoms with E-state index in [0.29, 0.717) is 5.56 Å².